The molecule has 0 unspecified atom stereocenters. The summed E-state index contributed by atoms with van der Waals surface area (Å²) in [7, 11) is 1.64. The number of Topliss-reactive ketones (excluding diaryl/α,β-unsaturated/α-hetero) is 1. The monoisotopic (exact) mass is 282 g/mol. The van der Waals surface area contributed by atoms with Gasteiger partial charge in [-0.3, -0.25) is 4.79 Å². The Morgan fingerprint density at radius 3 is 2.29 bits per heavy atom. The Hall–Kier alpha value is -2.09. The third-order valence-electron chi connectivity index (χ3n) is 3.75. The summed E-state index contributed by atoms with van der Waals surface area (Å²) in [6.07, 6.45) is 0.944. The molecule has 2 rings (SSSR count). The van der Waals surface area contributed by atoms with Crippen molar-refractivity contribution >= 4 is 5.78 Å². The number of aryl methyl sites for hydroxylation is 3. The molecule has 110 valence electrons. The molecule has 0 atom stereocenters. The average molecular weight is 282 g/mol. The molecule has 0 fully saturated rings. The maximum absolute atomic E-state index is 12.3. The van der Waals surface area contributed by atoms with Crippen molar-refractivity contribution in [3.63, 3.8) is 0 Å². The van der Waals surface area contributed by atoms with Crippen LogP contribution >= 0.6 is 0 Å². The van der Waals surface area contributed by atoms with Crippen molar-refractivity contribution in [2.75, 3.05) is 7.11 Å². The van der Waals surface area contributed by atoms with Crippen LogP contribution in [-0.4, -0.2) is 12.9 Å². The van der Waals surface area contributed by atoms with Crippen LogP contribution in [0.1, 0.15) is 27.8 Å². The molecule has 0 amide bonds. The van der Waals surface area contributed by atoms with E-state index in [1.165, 1.54) is 16.7 Å². The second kappa shape index (κ2) is 6.57. The molecule has 2 heteroatoms. The topological polar surface area (TPSA) is 26.3 Å². The second-order valence-corrected chi connectivity index (χ2v) is 5.62. The number of hydrogen-bond acceptors (Lipinski definition) is 2. The van der Waals surface area contributed by atoms with Gasteiger partial charge in [0, 0.05) is 12.8 Å². The summed E-state index contributed by atoms with van der Waals surface area (Å²) in [5, 5.41) is 0. The largest absolute Gasteiger partial charge is 0.497 e. The maximum atomic E-state index is 12.3. The number of rotatable bonds is 5. The summed E-state index contributed by atoms with van der Waals surface area (Å²) >= 11 is 0. The van der Waals surface area contributed by atoms with Crippen LogP contribution in [0.3, 0.4) is 0 Å². The van der Waals surface area contributed by atoms with Crippen molar-refractivity contribution in [3.8, 4) is 5.75 Å². The van der Waals surface area contributed by atoms with Crippen molar-refractivity contribution in [3.05, 3.63) is 64.2 Å². The van der Waals surface area contributed by atoms with E-state index >= 15 is 0 Å². The lowest BCUT2D eigenvalue weighted by atomic mass is 9.94. The molecule has 21 heavy (non-hydrogen) atoms. The van der Waals surface area contributed by atoms with Crippen LogP contribution in [0, 0.1) is 20.8 Å². The second-order valence-electron chi connectivity index (χ2n) is 5.62. The van der Waals surface area contributed by atoms with Gasteiger partial charge in [0.15, 0.2) is 0 Å². The minimum Gasteiger partial charge on any atom is -0.497 e. The van der Waals surface area contributed by atoms with E-state index in [9.17, 15) is 4.79 Å². The normalized spacial score (nSPS) is 10.5. The summed E-state index contributed by atoms with van der Waals surface area (Å²) in [6, 6.07) is 12.0. The van der Waals surface area contributed by atoms with Crippen molar-refractivity contribution < 1.29 is 9.53 Å². The highest BCUT2D eigenvalue weighted by atomic mass is 16.5. The average Bonchev–Trinajstić information content (AvgIpc) is 2.43. The third-order valence-corrected chi connectivity index (χ3v) is 3.75. The van der Waals surface area contributed by atoms with E-state index in [0.717, 1.165) is 16.9 Å². The van der Waals surface area contributed by atoms with E-state index in [1.54, 1.807) is 7.11 Å². The molecule has 0 heterocycles. The van der Waals surface area contributed by atoms with Gasteiger partial charge in [-0.1, -0.05) is 29.8 Å². The molecule has 0 N–H and O–H groups in total. The van der Waals surface area contributed by atoms with Crippen molar-refractivity contribution in [1.29, 1.82) is 0 Å². The molecule has 0 bridgehead atoms. The zero-order valence-electron chi connectivity index (χ0n) is 13.2. The summed E-state index contributed by atoms with van der Waals surface area (Å²) in [4.78, 5) is 12.3. The number of ether oxygens (including phenoxy) is 1. The van der Waals surface area contributed by atoms with E-state index in [4.69, 9.17) is 4.74 Å². The Balaban J connectivity index is 2.12. The van der Waals surface area contributed by atoms with Crippen molar-refractivity contribution in [2.45, 2.75) is 33.6 Å². The van der Waals surface area contributed by atoms with Crippen LogP contribution in [-0.2, 0) is 17.6 Å². The lowest BCUT2D eigenvalue weighted by Crippen LogP contribution is -2.09. The molecule has 2 nitrogen and oxygen atoms in total. The number of hydrogen-bond donors (Lipinski definition) is 0. The Bertz CT molecular complexity index is 633. The molecule has 0 saturated carbocycles. The predicted molar refractivity (Wildman–Crippen MR) is 86.1 cm³/mol. The van der Waals surface area contributed by atoms with Gasteiger partial charge >= 0.3 is 0 Å². The molecule has 0 saturated heterocycles. The fourth-order valence-corrected chi connectivity index (χ4v) is 2.76. The van der Waals surface area contributed by atoms with Crippen LogP contribution in [0.25, 0.3) is 0 Å². The van der Waals surface area contributed by atoms with Gasteiger partial charge < -0.3 is 4.74 Å². The summed E-state index contributed by atoms with van der Waals surface area (Å²) < 4.78 is 5.19. The highest BCUT2D eigenvalue weighted by molar-refractivity contribution is 5.83. The molecule has 2 aromatic carbocycles. The predicted octanol–water partition coefficient (Wildman–Crippen LogP) is 3.97. The van der Waals surface area contributed by atoms with Crippen molar-refractivity contribution in [1.82, 2.24) is 0 Å². The number of methoxy groups -OCH3 is 1. The molecule has 0 spiro atoms. The molecule has 0 aliphatic rings. The van der Waals surface area contributed by atoms with Crippen LogP contribution in [0.5, 0.6) is 5.75 Å². The highest BCUT2D eigenvalue weighted by Crippen LogP contribution is 2.19. The quantitative estimate of drug-likeness (QED) is 0.829. The molecule has 0 aliphatic heterocycles. The fourth-order valence-electron chi connectivity index (χ4n) is 2.76. The number of carbonyl (C=O) groups excluding carboxylic acids is 1. The molecule has 0 radical (unpaired) electrons. The summed E-state index contributed by atoms with van der Waals surface area (Å²) in [5.41, 5.74) is 5.81. The Morgan fingerprint density at radius 2 is 1.67 bits per heavy atom. The first-order valence-electron chi connectivity index (χ1n) is 7.21. The third kappa shape index (κ3) is 3.94. The molecule has 0 aromatic heterocycles. The highest BCUT2D eigenvalue weighted by Gasteiger charge is 2.10. The smallest absolute Gasteiger partial charge is 0.141 e. The van der Waals surface area contributed by atoms with E-state index in [1.807, 2.05) is 24.3 Å². The zero-order valence-corrected chi connectivity index (χ0v) is 13.2. The van der Waals surface area contributed by atoms with Crippen LogP contribution in [0.15, 0.2) is 36.4 Å². The molecular weight excluding hydrogens is 260 g/mol. The standard InChI is InChI=1S/C19H22O2/c1-13-8-14(2)19(15(3)9-13)12-17(20)10-16-6-5-7-18(11-16)21-4/h5-9,11H,10,12H2,1-4H3. The maximum Gasteiger partial charge on any atom is 0.141 e. The Morgan fingerprint density at radius 1 is 1.00 bits per heavy atom. The van der Waals surface area contributed by atoms with Gasteiger partial charge in [-0.2, -0.15) is 0 Å². The van der Waals surface area contributed by atoms with Crippen LogP contribution in [0.4, 0.5) is 0 Å². The molecule has 0 aliphatic carbocycles. The Kier molecular flexibility index (Phi) is 4.79. The van der Waals surface area contributed by atoms with E-state index in [0.29, 0.717) is 12.8 Å². The first-order chi connectivity index (χ1) is 9.99. The minimum absolute atomic E-state index is 0.235. The Labute approximate surface area is 126 Å². The van der Waals surface area contributed by atoms with Gasteiger partial charge in [0.2, 0.25) is 0 Å². The van der Waals surface area contributed by atoms with E-state index < -0.39 is 0 Å². The summed E-state index contributed by atoms with van der Waals surface area (Å²) in [6.45, 7) is 6.24. The first kappa shape index (κ1) is 15.3. The SMILES string of the molecule is COc1cccc(CC(=O)Cc2c(C)cc(C)cc2C)c1. The van der Waals surface area contributed by atoms with Gasteiger partial charge in [0.05, 0.1) is 7.11 Å². The number of benzene rings is 2. The van der Waals surface area contributed by atoms with Crippen molar-refractivity contribution in [2.24, 2.45) is 0 Å². The van der Waals surface area contributed by atoms with Crippen LogP contribution < -0.4 is 4.74 Å². The van der Waals surface area contributed by atoms with E-state index in [2.05, 4.69) is 32.9 Å². The van der Waals surface area contributed by atoms with Gasteiger partial charge in [0.1, 0.15) is 11.5 Å². The van der Waals surface area contributed by atoms with Crippen LogP contribution in [0.2, 0.25) is 0 Å². The lowest BCUT2D eigenvalue weighted by molar-refractivity contribution is -0.117. The number of ketones is 1. The van der Waals surface area contributed by atoms with Gasteiger partial charge in [-0.15, -0.1) is 0 Å². The molecule has 2 aromatic rings. The fraction of sp³-hybridized carbons (Fsp3) is 0.316. The number of carbonyl (C=O) groups is 1. The first-order valence-corrected chi connectivity index (χ1v) is 7.21. The zero-order chi connectivity index (χ0) is 15.4. The van der Waals surface area contributed by atoms with Gasteiger partial charge in [-0.25, -0.2) is 0 Å². The lowest BCUT2D eigenvalue weighted by Gasteiger charge is -2.11. The van der Waals surface area contributed by atoms with Gasteiger partial charge in [0.25, 0.3) is 0 Å². The summed E-state index contributed by atoms with van der Waals surface area (Å²) in [5.74, 6) is 1.03. The van der Waals surface area contributed by atoms with Gasteiger partial charge in [-0.05, 0) is 55.2 Å². The molecular formula is C19H22O2. The minimum atomic E-state index is 0.235. The van der Waals surface area contributed by atoms with E-state index in [-0.39, 0.29) is 5.78 Å².